The van der Waals surface area contributed by atoms with E-state index < -0.39 is 0 Å². The summed E-state index contributed by atoms with van der Waals surface area (Å²) >= 11 is 0. The van der Waals surface area contributed by atoms with Crippen molar-refractivity contribution in [3.8, 4) is 0 Å². The lowest BCUT2D eigenvalue weighted by atomic mass is 9.82. The van der Waals surface area contributed by atoms with E-state index in [9.17, 15) is 14.0 Å². The summed E-state index contributed by atoms with van der Waals surface area (Å²) in [7, 11) is 0. The highest BCUT2D eigenvalue weighted by atomic mass is 19.1. The Kier molecular flexibility index (Phi) is 5.62. The van der Waals surface area contributed by atoms with Gasteiger partial charge in [-0.2, -0.15) is 0 Å². The molecule has 152 valence electrons. The lowest BCUT2D eigenvalue weighted by Crippen LogP contribution is -2.49. The van der Waals surface area contributed by atoms with E-state index in [2.05, 4.69) is 22.3 Å². The summed E-state index contributed by atoms with van der Waals surface area (Å²) in [5, 5.41) is 2.77. The van der Waals surface area contributed by atoms with E-state index in [1.54, 1.807) is 19.1 Å². The van der Waals surface area contributed by atoms with Crippen LogP contribution in [0.5, 0.6) is 0 Å². The summed E-state index contributed by atoms with van der Waals surface area (Å²) in [6, 6.07) is 16.5. The third-order valence-electron chi connectivity index (χ3n) is 6.12. The third-order valence-corrected chi connectivity index (χ3v) is 6.12. The van der Waals surface area contributed by atoms with Gasteiger partial charge in [0, 0.05) is 50.1 Å². The molecule has 0 aliphatic carbocycles. The molecule has 29 heavy (non-hydrogen) atoms. The number of benzene rings is 2. The minimum atomic E-state index is -0.371. The number of nitrogens with zero attached hydrogens (tertiary/aromatic N) is 2. The summed E-state index contributed by atoms with van der Waals surface area (Å²) in [6.45, 7) is 4.18. The zero-order valence-electron chi connectivity index (χ0n) is 16.6. The fourth-order valence-electron chi connectivity index (χ4n) is 4.83. The Morgan fingerprint density at radius 3 is 2.62 bits per heavy atom. The van der Waals surface area contributed by atoms with Crippen LogP contribution in [0.2, 0.25) is 0 Å². The first kappa shape index (κ1) is 19.6. The molecule has 0 aromatic heterocycles. The van der Waals surface area contributed by atoms with Crippen molar-refractivity contribution in [3.05, 3.63) is 66.0 Å². The Bertz CT molecular complexity index is 889. The smallest absolute Gasteiger partial charge is 0.238 e. The summed E-state index contributed by atoms with van der Waals surface area (Å²) in [5.74, 6) is 0.184. The number of fused-ring (bicyclic) bond motifs is 1. The van der Waals surface area contributed by atoms with Gasteiger partial charge in [-0.25, -0.2) is 4.39 Å². The molecule has 2 aromatic rings. The minimum Gasteiger partial charge on any atom is -0.339 e. The van der Waals surface area contributed by atoms with Crippen molar-refractivity contribution in [2.75, 3.05) is 31.5 Å². The van der Waals surface area contributed by atoms with Crippen molar-refractivity contribution in [1.29, 1.82) is 0 Å². The molecule has 0 unspecified atom stereocenters. The summed E-state index contributed by atoms with van der Waals surface area (Å²) in [6.07, 6.45) is 0.862. The second-order valence-corrected chi connectivity index (χ2v) is 8.00. The number of carbonyl (C=O) groups is 2. The molecule has 2 aliphatic heterocycles. The van der Waals surface area contributed by atoms with E-state index in [1.165, 1.54) is 17.7 Å². The van der Waals surface area contributed by atoms with Crippen molar-refractivity contribution in [2.24, 2.45) is 5.92 Å². The number of piperidine rings is 1. The number of halogens is 1. The van der Waals surface area contributed by atoms with Gasteiger partial charge in [0.05, 0.1) is 6.54 Å². The normalized spacial score (nSPS) is 24.2. The van der Waals surface area contributed by atoms with Gasteiger partial charge < -0.3 is 10.2 Å². The van der Waals surface area contributed by atoms with Gasteiger partial charge in [0.25, 0.3) is 0 Å². The fourth-order valence-corrected chi connectivity index (χ4v) is 4.83. The molecule has 2 aromatic carbocycles. The minimum absolute atomic E-state index is 0.121. The molecule has 2 aliphatic rings. The van der Waals surface area contributed by atoms with Crippen LogP contribution in [0.4, 0.5) is 10.1 Å². The van der Waals surface area contributed by atoms with E-state index in [0.717, 1.165) is 26.1 Å². The fraction of sp³-hybridized carbons (Fsp3) is 0.391. The molecule has 1 N–H and O–H groups in total. The Labute approximate surface area is 170 Å². The van der Waals surface area contributed by atoms with E-state index in [-0.39, 0.29) is 36.1 Å². The number of carbonyl (C=O) groups excluding carboxylic acids is 2. The lowest BCUT2D eigenvalue weighted by molar-refractivity contribution is -0.131. The standard InChI is InChI=1S/C23H26FN3O2/c1-16(28)27-14-20(17-6-3-2-4-7-17)21-13-26(11-10-22(21)27)15-23(29)25-19-9-5-8-18(24)12-19/h2-9,12,20-22H,10-11,13-15H2,1H3,(H,25,29)/t20-,21-,22-/m1/s1. The molecule has 0 bridgehead atoms. The van der Waals surface area contributed by atoms with Gasteiger partial charge in [0.15, 0.2) is 0 Å². The molecular formula is C23H26FN3O2. The molecule has 2 fully saturated rings. The lowest BCUT2D eigenvalue weighted by Gasteiger charge is -2.38. The van der Waals surface area contributed by atoms with Gasteiger partial charge in [-0.3, -0.25) is 14.5 Å². The molecule has 2 amide bonds. The molecule has 3 atom stereocenters. The largest absolute Gasteiger partial charge is 0.339 e. The van der Waals surface area contributed by atoms with Gasteiger partial charge >= 0.3 is 0 Å². The number of anilines is 1. The van der Waals surface area contributed by atoms with E-state index in [0.29, 0.717) is 11.6 Å². The maximum absolute atomic E-state index is 13.3. The number of likely N-dealkylation sites (tertiary alicyclic amines) is 2. The molecule has 4 rings (SSSR count). The predicted molar refractivity (Wildman–Crippen MR) is 110 cm³/mol. The summed E-state index contributed by atoms with van der Waals surface area (Å²) in [5.41, 5.74) is 1.72. The van der Waals surface area contributed by atoms with Gasteiger partial charge in [0.2, 0.25) is 11.8 Å². The third kappa shape index (κ3) is 4.32. The number of rotatable bonds is 4. The molecule has 0 radical (unpaired) electrons. The first-order valence-corrected chi connectivity index (χ1v) is 10.1. The monoisotopic (exact) mass is 395 g/mol. The molecule has 2 heterocycles. The van der Waals surface area contributed by atoms with Crippen LogP contribution in [0.3, 0.4) is 0 Å². The number of nitrogens with one attached hydrogen (secondary N) is 1. The van der Waals surface area contributed by atoms with Crippen LogP contribution >= 0.6 is 0 Å². The highest BCUT2D eigenvalue weighted by Crippen LogP contribution is 2.41. The molecule has 0 saturated carbocycles. The van der Waals surface area contributed by atoms with Crippen LogP contribution in [0.15, 0.2) is 54.6 Å². The number of amides is 2. The molecule has 2 saturated heterocycles. The Hall–Kier alpha value is -2.73. The van der Waals surface area contributed by atoms with Gasteiger partial charge in [-0.05, 0) is 30.2 Å². The quantitative estimate of drug-likeness (QED) is 0.866. The predicted octanol–water partition coefficient (Wildman–Crippen LogP) is 3.10. The average Bonchev–Trinajstić information content (AvgIpc) is 3.08. The second-order valence-electron chi connectivity index (χ2n) is 8.00. The molecular weight excluding hydrogens is 369 g/mol. The van der Waals surface area contributed by atoms with Crippen molar-refractivity contribution in [3.63, 3.8) is 0 Å². The van der Waals surface area contributed by atoms with Crippen LogP contribution in [0, 0.1) is 11.7 Å². The second kappa shape index (κ2) is 8.33. The van der Waals surface area contributed by atoms with Crippen molar-refractivity contribution < 1.29 is 14.0 Å². The summed E-state index contributed by atoms with van der Waals surface area (Å²) < 4.78 is 13.3. The maximum atomic E-state index is 13.3. The molecule has 0 spiro atoms. The summed E-state index contributed by atoms with van der Waals surface area (Å²) in [4.78, 5) is 28.8. The van der Waals surface area contributed by atoms with Gasteiger partial charge in [0.1, 0.15) is 5.82 Å². The van der Waals surface area contributed by atoms with Crippen LogP contribution < -0.4 is 5.32 Å². The van der Waals surface area contributed by atoms with E-state index in [4.69, 9.17) is 0 Å². The number of hydrogen-bond acceptors (Lipinski definition) is 3. The molecule has 5 nitrogen and oxygen atoms in total. The number of hydrogen-bond donors (Lipinski definition) is 1. The van der Waals surface area contributed by atoms with Crippen LogP contribution in [0.1, 0.15) is 24.8 Å². The van der Waals surface area contributed by atoms with E-state index >= 15 is 0 Å². The first-order valence-electron chi connectivity index (χ1n) is 10.1. The average molecular weight is 395 g/mol. The van der Waals surface area contributed by atoms with E-state index in [1.807, 2.05) is 23.1 Å². The van der Waals surface area contributed by atoms with Crippen molar-refractivity contribution in [2.45, 2.75) is 25.3 Å². The highest BCUT2D eigenvalue weighted by Gasteiger charge is 2.46. The maximum Gasteiger partial charge on any atom is 0.238 e. The van der Waals surface area contributed by atoms with Crippen molar-refractivity contribution in [1.82, 2.24) is 9.80 Å². The zero-order valence-corrected chi connectivity index (χ0v) is 16.6. The van der Waals surface area contributed by atoms with Crippen LogP contribution in [-0.4, -0.2) is 53.8 Å². The van der Waals surface area contributed by atoms with Gasteiger partial charge in [-0.15, -0.1) is 0 Å². The molecule has 6 heteroatoms. The van der Waals surface area contributed by atoms with Crippen molar-refractivity contribution >= 4 is 17.5 Å². The SMILES string of the molecule is CC(=O)N1C[C@H](c2ccccc2)[C@H]2CN(CC(=O)Nc3cccc(F)c3)CC[C@H]21. The Morgan fingerprint density at radius 1 is 1.10 bits per heavy atom. The zero-order chi connectivity index (χ0) is 20.4. The van der Waals surface area contributed by atoms with Gasteiger partial charge in [-0.1, -0.05) is 36.4 Å². The van der Waals surface area contributed by atoms with Crippen LogP contribution in [0.25, 0.3) is 0 Å². The highest BCUT2D eigenvalue weighted by molar-refractivity contribution is 5.92. The first-order chi connectivity index (χ1) is 14.0. The topological polar surface area (TPSA) is 52.7 Å². The Balaban J connectivity index is 1.44. The van der Waals surface area contributed by atoms with Crippen LogP contribution in [-0.2, 0) is 9.59 Å². The Morgan fingerprint density at radius 2 is 1.90 bits per heavy atom.